The molecule has 0 atom stereocenters. The van der Waals surface area contributed by atoms with E-state index in [1.807, 2.05) is 60.5 Å². The topological polar surface area (TPSA) is 86.1 Å². The lowest BCUT2D eigenvalue weighted by atomic mass is 10.2. The zero-order chi connectivity index (χ0) is 18.2. The fraction of sp³-hybridized carbons (Fsp3) is 0.0526. The van der Waals surface area contributed by atoms with Gasteiger partial charge in [0.05, 0.1) is 24.3 Å². The second-order valence-corrected chi connectivity index (χ2v) is 6.08. The van der Waals surface area contributed by atoms with E-state index in [1.54, 1.807) is 17.1 Å². The first-order chi connectivity index (χ1) is 13.3. The molecule has 0 unspecified atom stereocenters. The minimum Gasteiger partial charge on any atom is -0.444 e. The predicted molar refractivity (Wildman–Crippen MR) is 100 cm³/mol. The highest BCUT2D eigenvalue weighted by molar-refractivity contribution is 5.74. The van der Waals surface area contributed by atoms with E-state index in [4.69, 9.17) is 4.42 Å². The van der Waals surface area contributed by atoms with Crippen LogP contribution >= 0.6 is 0 Å². The van der Waals surface area contributed by atoms with Gasteiger partial charge in [0.25, 0.3) is 0 Å². The van der Waals surface area contributed by atoms with E-state index in [-0.39, 0.29) is 0 Å². The van der Waals surface area contributed by atoms with Gasteiger partial charge in [0.15, 0.2) is 23.6 Å². The van der Waals surface area contributed by atoms with Crippen LogP contribution in [0.15, 0.2) is 72.3 Å². The summed E-state index contributed by atoms with van der Waals surface area (Å²) in [6.07, 6.45) is 12.4. The molecule has 5 aromatic rings. The normalized spacial score (nSPS) is 11.1. The van der Waals surface area contributed by atoms with Crippen LogP contribution in [0.4, 0.5) is 11.5 Å². The maximum absolute atomic E-state index is 5.32. The van der Waals surface area contributed by atoms with Crippen LogP contribution in [0.2, 0.25) is 0 Å². The largest absolute Gasteiger partial charge is 0.444 e. The summed E-state index contributed by atoms with van der Waals surface area (Å²) in [7, 11) is 1.89. The second kappa shape index (κ2) is 6.10. The fourth-order valence-corrected chi connectivity index (χ4v) is 2.99. The third-order valence-electron chi connectivity index (χ3n) is 4.29. The van der Waals surface area contributed by atoms with Gasteiger partial charge in [0.2, 0.25) is 0 Å². The number of hydrogen-bond acceptors (Lipinski definition) is 6. The first-order valence-electron chi connectivity index (χ1n) is 8.35. The highest BCUT2D eigenvalue weighted by atomic mass is 16.3. The first kappa shape index (κ1) is 15.3. The van der Waals surface area contributed by atoms with E-state index in [1.165, 1.54) is 6.39 Å². The van der Waals surface area contributed by atoms with Gasteiger partial charge in [0, 0.05) is 42.5 Å². The summed E-state index contributed by atoms with van der Waals surface area (Å²) in [5, 5.41) is 7.56. The van der Waals surface area contributed by atoms with E-state index in [0.29, 0.717) is 5.82 Å². The Bertz CT molecular complexity index is 1200. The number of fused-ring (bicyclic) bond motifs is 1. The number of nitrogens with zero attached hydrogens (tertiary/aromatic N) is 6. The highest BCUT2D eigenvalue weighted by Gasteiger charge is 2.12. The number of rotatable bonds is 4. The van der Waals surface area contributed by atoms with E-state index < -0.39 is 0 Å². The molecule has 8 nitrogen and oxygen atoms in total. The van der Waals surface area contributed by atoms with Crippen LogP contribution < -0.4 is 5.32 Å². The molecule has 0 bridgehead atoms. The van der Waals surface area contributed by atoms with Crippen molar-refractivity contribution in [1.29, 1.82) is 0 Å². The van der Waals surface area contributed by atoms with Crippen LogP contribution in [0.3, 0.4) is 0 Å². The van der Waals surface area contributed by atoms with Gasteiger partial charge in [-0.05, 0) is 24.3 Å². The lowest BCUT2D eigenvalue weighted by molar-refractivity contribution is 0.572. The Morgan fingerprint density at radius 3 is 2.63 bits per heavy atom. The molecule has 0 saturated carbocycles. The minimum atomic E-state index is 0.681. The van der Waals surface area contributed by atoms with Gasteiger partial charge in [-0.3, -0.25) is 9.08 Å². The van der Waals surface area contributed by atoms with Crippen molar-refractivity contribution in [3.05, 3.63) is 67.8 Å². The molecule has 8 heteroatoms. The van der Waals surface area contributed by atoms with Gasteiger partial charge in [0.1, 0.15) is 0 Å². The van der Waals surface area contributed by atoms with Crippen molar-refractivity contribution >= 4 is 17.2 Å². The monoisotopic (exact) mass is 357 g/mol. The van der Waals surface area contributed by atoms with Crippen molar-refractivity contribution in [2.75, 3.05) is 5.32 Å². The zero-order valence-electron chi connectivity index (χ0n) is 14.4. The van der Waals surface area contributed by atoms with Crippen LogP contribution in [-0.2, 0) is 7.05 Å². The quantitative estimate of drug-likeness (QED) is 0.529. The molecule has 132 valence electrons. The van der Waals surface area contributed by atoms with Gasteiger partial charge >= 0.3 is 0 Å². The summed E-state index contributed by atoms with van der Waals surface area (Å²) in [4.78, 5) is 12.9. The predicted octanol–water partition coefficient (Wildman–Crippen LogP) is 3.53. The molecule has 5 rings (SSSR count). The standard InChI is InChI=1S/C19H15N7O/c1-25-11-14(8-23-25)16-9-22-19-18(21-6-7-26(16)19)24-15-4-2-13(3-5-15)17-10-20-12-27-17/h2-12H,1H3,(H,21,24). The molecule has 0 aliphatic carbocycles. The van der Waals surface area contributed by atoms with Crippen LogP contribution in [0.5, 0.6) is 0 Å². The van der Waals surface area contributed by atoms with Gasteiger partial charge in [-0.25, -0.2) is 15.0 Å². The average Bonchev–Trinajstić information content (AvgIpc) is 3.43. The third-order valence-corrected chi connectivity index (χ3v) is 4.29. The van der Waals surface area contributed by atoms with Crippen molar-refractivity contribution in [2.24, 2.45) is 7.05 Å². The van der Waals surface area contributed by atoms with Gasteiger partial charge in [-0.15, -0.1) is 0 Å². The van der Waals surface area contributed by atoms with E-state index in [0.717, 1.165) is 33.9 Å². The molecule has 0 fully saturated rings. The average molecular weight is 357 g/mol. The molecule has 0 saturated heterocycles. The molecular weight excluding hydrogens is 342 g/mol. The number of imidazole rings is 1. The van der Waals surface area contributed by atoms with Gasteiger partial charge < -0.3 is 9.73 Å². The zero-order valence-corrected chi connectivity index (χ0v) is 14.4. The molecule has 0 aliphatic heterocycles. The van der Waals surface area contributed by atoms with E-state index in [2.05, 4.69) is 25.4 Å². The molecule has 0 aliphatic rings. The van der Waals surface area contributed by atoms with Crippen LogP contribution in [0, 0.1) is 0 Å². The Morgan fingerprint density at radius 1 is 1.00 bits per heavy atom. The number of benzene rings is 1. The molecular formula is C19H15N7O. The molecule has 1 N–H and O–H groups in total. The molecule has 27 heavy (non-hydrogen) atoms. The second-order valence-electron chi connectivity index (χ2n) is 6.08. The number of nitrogens with one attached hydrogen (secondary N) is 1. The summed E-state index contributed by atoms with van der Waals surface area (Å²) in [6.45, 7) is 0. The van der Waals surface area contributed by atoms with Gasteiger partial charge in [-0.1, -0.05) is 0 Å². The highest BCUT2D eigenvalue weighted by Crippen LogP contribution is 2.26. The SMILES string of the molecule is Cn1cc(-c2cnc3c(Nc4ccc(-c5cnco5)cc4)nccn23)cn1. The Hall–Kier alpha value is -3.94. The summed E-state index contributed by atoms with van der Waals surface area (Å²) < 4.78 is 9.08. The van der Waals surface area contributed by atoms with Crippen molar-refractivity contribution < 1.29 is 4.42 Å². The maximum Gasteiger partial charge on any atom is 0.181 e. The number of anilines is 2. The lowest BCUT2D eigenvalue weighted by Crippen LogP contribution is -1.98. The van der Waals surface area contributed by atoms with Gasteiger partial charge in [-0.2, -0.15) is 5.10 Å². The third kappa shape index (κ3) is 2.73. The van der Waals surface area contributed by atoms with Crippen molar-refractivity contribution in [3.8, 4) is 22.6 Å². The van der Waals surface area contributed by atoms with Crippen molar-refractivity contribution in [1.82, 2.24) is 29.1 Å². The number of oxazole rings is 1. The van der Waals surface area contributed by atoms with E-state index in [9.17, 15) is 0 Å². The summed E-state index contributed by atoms with van der Waals surface area (Å²) in [5.74, 6) is 1.41. The number of hydrogen-bond donors (Lipinski definition) is 1. The van der Waals surface area contributed by atoms with Crippen LogP contribution in [0.25, 0.3) is 28.2 Å². The van der Waals surface area contributed by atoms with E-state index >= 15 is 0 Å². The molecule has 0 radical (unpaired) electrons. The smallest absolute Gasteiger partial charge is 0.181 e. The fourth-order valence-electron chi connectivity index (χ4n) is 2.99. The number of aryl methyl sites for hydroxylation is 1. The Balaban J connectivity index is 1.48. The summed E-state index contributed by atoms with van der Waals surface area (Å²) in [5.41, 5.74) is 4.58. The first-order valence-corrected chi connectivity index (χ1v) is 8.35. The molecule has 0 amide bonds. The Kier molecular flexibility index (Phi) is 3.46. The lowest BCUT2D eigenvalue weighted by Gasteiger charge is -2.08. The Morgan fingerprint density at radius 2 is 1.89 bits per heavy atom. The maximum atomic E-state index is 5.32. The summed E-state index contributed by atoms with van der Waals surface area (Å²) >= 11 is 0. The van der Waals surface area contributed by atoms with Crippen LogP contribution in [-0.4, -0.2) is 29.1 Å². The van der Waals surface area contributed by atoms with Crippen molar-refractivity contribution in [3.63, 3.8) is 0 Å². The minimum absolute atomic E-state index is 0.681. The molecule has 0 spiro atoms. The van der Waals surface area contributed by atoms with Crippen molar-refractivity contribution in [2.45, 2.75) is 0 Å². The van der Waals surface area contributed by atoms with Crippen LogP contribution in [0.1, 0.15) is 0 Å². The molecule has 4 heterocycles. The Labute approximate surface area is 154 Å². The molecule has 4 aromatic heterocycles. The molecule has 1 aromatic carbocycles. The summed E-state index contributed by atoms with van der Waals surface area (Å²) in [6, 6.07) is 7.87. The number of aromatic nitrogens is 6.